The molecule has 1 heterocycles. The molecular weight excluding hydrogens is 381 g/mol. The van der Waals surface area contributed by atoms with Gasteiger partial charge in [0.25, 0.3) is 0 Å². The van der Waals surface area contributed by atoms with Crippen LogP contribution < -0.4 is 0 Å². The predicted octanol–water partition coefficient (Wildman–Crippen LogP) is 6.39. The molecule has 0 aliphatic rings. The monoisotopic (exact) mass is 405 g/mol. The van der Waals surface area contributed by atoms with E-state index >= 15 is 0 Å². The molecule has 0 amide bonds. The van der Waals surface area contributed by atoms with Gasteiger partial charge in [-0.15, -0.1) is 0 Å². The van der Waals surface area contributed by atoms with Gasteiger partial charge >= 0.3 is 0 Å². The van der Waals surface area contributed by atoms with Crippen LogP contribution in [0.3, 0.4) is 0 Å². The first-order valence-corrected chi connectivity index (χ1v) is 9.14. The highest BCUT2D eigenvalue weighted by atomic mass is 127. The Morgan fingerprint density at radius 3 is 1.55 bits per heavy atom. The second kappa shape index (κ2) is 6.23. The molecule has 0 aliphatic heterocycles. The number of aromatic nitrogens is 1. The second-order valence-corrected chi connectivity index (χ2v) is 8.14. The van der Waals surface area contributed by atoms with E-state index in [1.54, 1.807) is 0 Å². The summed E-state index contributed by atoms with van der Waals surface area (Å²) in [5, 5.41) is 2.79. The van der Waals surface area contributed by atoms with E-state index in [4.69, 9.17) is 0 Å². The average molecular weight is 405 g/mol. The minimum Gasteiger partial charge on any atom is -0.282 e. The van der Waals surface area contributed by atoms with Crippen LogP contribution >= 0.6 is 22.9 Å². The molecule has 3 rings (SSSR count). The van der Waals surface area contributed by atoms with Crippen molar-refractivity contribution in [1.82, 2.24) is 2.78 Å². The van der Waals surface area contributed by atoms with Gasteiger partial charge < -0.3 is 0 Å². The van der Waals surface area contributed by atoms with Crippen LogP contribution in [-0.2, 0) is 12.8 Å². The smallest absolute Gasteiger partial charge is 0.0646 e. The molecule has 1 nitrogen and oxygen atoms in total. The van der Waals surface area contributed by atoms with E-state index in [9.17, 15) is 0 Å². The summed E-state index contributed by atoms with van der Waals surface area (Å²) in [6.45, 7) is 9.14. The largest absolute Gasteiger partial charge is 0.282 e. The maximum absolute atomic E-state index is 2.42. The number of halogens is 1. The van der Waals surface area contributed by atoms with Gasteiger partial charge in [0.05, 0.1) is 33.9 Å². The van der Waals surface area contributed by atoms with Crippen LogP contribution in [0, 0.1) is 11.8 Å². The molecule has 2 heteroatoms. The van der Waals surface area contributed by atoms with Gasteiger partial charge in [0.1, 0.15) is 0 Å². The standard InChI is InChI=1S/C20H24IN/c1-13(2)9-15-5-7-19-17(11-15)18-12-16(10-14(3)4)6-8-20(18)22(19)21/h5-8,11-14H,9-10H2,1-4H3. The minimum atomic E-state index is 0.696. The van der Waals surface area contributed by atoms with Gasteiger partial charge in [-0.1, -0.05) is 39.8 Å². The van der Waals surface area contributed by atoms with Gasteiger partial charge in [0.2, 0.25) is 0 Å². The highest BCUT2D eigenvalue weighted by molar-refractivity contribution is 14.1. The fourth-order valence-electron chi connectivity index (χ4n) is 3.27. The highest BCUT2D eigenvalue weighted by Gasteiger charge is 2.11. The third kappa shape index (κ3) is 3.03. The molecule has 0 radical (unpaired) electrons. The molecule has 2 aromatic carbocycles. The highest BCUT2D eigenvalue weighted by Crippen LogP contribution is 2.33. The van der Waals surface area contributed by atoms with Gasteiger partial charge in [-0.2, -0.15) is 0 Å². The van der Waals surface area contributed by atoms with E-state index < -0.39 is 0 Å². The molecule has 0 N–H and O–H groups in total. The number of hydrogen-bond donors (Lipinski definition) is 0. The third-order valence-corrected chi connectivity index (χ3v) is 5.16. The summed E-state index contributed by atoms with van der Waals surface area (Å²) in [6, 6.07) is 13.9. The van der Waals surface area contributed by atoms with E-state index in [-0.39, 0.29) is 0 Å². The molecule has 0 atom stereocenters. The van der Waals surface area contributed by atoms with E-state index in [1.165, 1.54) is 32.9 Å². The van der Waals surface area contributed by atoms with Gasteiger partial charge in [-0.25, -0.2) is 0 Å². The Labute approximate surface area is 147 Å². The number of nitrogens with zero attached hydrogens (tertiary/aromatic N) is 1. The topological polar surface area (TPSA) is 4.93 Å². The molecule has 1 aromatic heterocycles. The van der Waals surface area contributed by atoms with Crippen LogP contribution in [0.15, 0.2) is 36.4 Å². The summed E-state index contributed by atoms with van der Waals surface area (Å²) >= 11 is 2.42. The van der Waals surface area contributed by atoms with Gasteiger partial charge in [0, 0.05) is 10.8 Å². The molecule has 0 bridgehead atoms. The molecular formula is C20H24IN. The van der Waals surface area contributed by atoms with Crippen molar-refractivity contribution >= 4 is 44.7 Å². The Balaban J connectivity index is 2.19. The molecule has 0 spiro atoms. The fourth-order valence-corrected chi connectivity index (χ4v) is 4.11. The van der Waals surface area contributed by atoms with Crippen molar-refractivity contribution in [1.29, 1.82) is 0 Å². The molecule has 0 saturated heterocycles. The van der Waals surface area contributed by atoms with Crippen molar-refractivity contribution in [3.8, 4) is 0 Å². The molecule has 0 unspecified atom stereocenters. The summed E-state index contributed by atoms with van der Waals surface area (Å²) in [6.07, 6.45) is 2.30. The quantitative estimate of drug-likeness (QED) is 0.444. The van der Waals surface area contributed by atoms with Crippen molar-refractivity contribution in [3.63, 3.8) is 0 Å². The van der Waals surface area contributed by atoms with E-state index in [0.29, 0.717) is 11.8 Å². The van der Waals surface area contributed by atoms with Crippen LogP contribution in [0.25, 0.3) is 21.8 Å². The van der Waals surface area contributed by atoms with Crippen molar-refractivity contribution in [2.75, 3.05) is 0 Å². The van der Waals surface area contributed by atoms with Crippen LogP contribution in [0.4, 0.5) is 0 Å². The Kier molecular flexibility index (Phi) is 4.49. The lowest BCUT2D eigenvalue weighted by Gasteiger charge is -2.06. The second-order valence-electron chi connectivity index (χ2n) is 7.18. The van der Waals surface area contributed by atoms with Crippen molar-refractivity contribution < 1.29 is 0 Å². The molecule has 116 valence electrons. The van der Waals surface area contributed by atoms with Crippen LogP contribution in [-0.4, -0.2) is 2.78 Å². The molecule has 3 aromatic rings. The Morgan fingerprint density at radius 2 is 1.18 bits per heavy atom. The lowest BCUT2D eigenvalue weighted by Crippen LogP contribution is -1.93. The average Bonchev–Trinajstić information content (AvgIpc) is 2.70. The van der Waals surface area contributed by atoms with Gasteiger partial charge in [-0.05, 0) is 60.1 Å². The summed E-state index contributed by atoms with van der Waals surface area (Å²) in [7, 11) is 0. The normalized spacial score (nSPS) is 12.1. The SMILES string of the molecule is CC(C)Cc1ccc2c(c1)c1cc(CC(C)C)ccc1n2I. The van der Waals surface area contributed by atoms with E-state index in [2.05, 4.69) is 89.7 Å². The zero-order valence-electron chi connectivity index (χ0n) is 13.9. The summed E-state index contributed by atoms with van der Waals surface area (Å²) in [5.41, 5.74) is 5.54. The number of fused-ring (bicyclic) bond motifs is 3. The predicted molar refractivity (Wildman–Crippen MR) is 106 cm³/mol. The van der Waals surface area contributed by atoms with Crippen LogP contribution in [0.2, 0.25) is 0 Å². The molecule has 0 saturated carbocycles. The fraction of sp³-hybridized carbons (Fsp3) is 0.400. The lowest BCUT2D eigenvalue weighted by molar-refractivity contribution is 0.647. The van der Waals surface area contributed by atoms with E-state index in [0.717, 1.165) is 12.8 Å². The lowest BCUT2D eigenvalue weighted by atomic mass is 9.99. The number of hydrogen-bond acceptors (Lipinski definition) is 0. The Hall–Kier alpha value is -1.03. The number of rotatable bonds is 4. The zero-order chi connectivity index (χ0) is 15.9. The summed E-state index contributed by atoms with van der Waals surface area (Å²) in [4.78, 5) is 0. The Morgan fingerprint density at radius 1 is 0.773 bits per heavy atom. The number of benzene rings is 2. The van der Waals surface area contributed by atoms with Crippen LogP contribution in [0.5, 0.6) is 0 Å². The van der Waals surface area contributed by atoms with Crippen molar-refractivity contribution in [3.05, 3.63) is 47.5 Å². The minimum absolute atomic E-state index is 0.696. The van der Waals surface area contributed by atoms with Gasteiger partial charge in [0.15, 0.2) is 0 Å². The Bertz CT molecular complexity index is 744. The zero-order valence-corrected chi connectivity index (χ0v) is 16.0. The maximum Gasteiger partial charge on any atom is 0.0646 e. The van der Waals surface area contributed by atoms with Crippen molar-refractivity contribution in [2.45, 2.75) is 40.5 Å². The summed E-state index contributed by atoms with van der Waals surface area (Å²) in [5.74, 6) is 1.39. The molecule has 0 aliphatic carbocycles. The molecule has 0 fully saturated rings. The molecule has 22 heavy (non-hydrogen) atoms. The maximum atomic E-state index is 2.42. The van der Waals surface area contributed by atoms with Gasteiger partial charge in [-0.3, -0.25) is 2.78 Å². The van der Waals surface area contributed by atoms with Crippen molar-refractivity contribution in [2.24, 2.45) is 11.8 Å². The van der Waals surface area contributed by atoms with Crippen LogP contribution in [0.1, 0.15) is 38.8 Å². The first-order valence-electron chi connectivity index (χ1n) is 8.18. The third-order valence-electron chi connectivity index (χ3n) is 4.12. The first kappa shape index (κ1) is 15.9. The first-order chi connectivity index (χ1) is 10.5. The van der Waals surface area contributed by atoms with E-state index in [1.807, 2.05) is 0 Å². The summed E-state index contributed by atoms with van der Waals surface area (Å²) < 4.78 is 2.29.